The van der Waals surface area contributed by atoms with Crippen LogP contribution in [0.1, 0.15) is 79.8 Å². The molecule has 0 spiro atoms. The first-order chi connectivity index (χ1) is 16.4. The average Bonchev–Trinajstić information content (AvgIpc) is 2.79. The molecule has 3 atom stereocenters. The van der Waals surface area contributed by atoms with Crippen LogP contribution in [0, 0.1) is 5.92 Å². The maximum atomic E-state index is 13.1. The van der Waals surface area contributed by atoms with Crippen molar-refractivity contribution >= 4 is 5.97 Å². The van der Waals surface area contributed by atoms with Crippen molar-refractivity contribution in [1.82, 2.24) is 4.90 Å². The van der Waals surface area contributed by atoms with Gasteiger partial charge in [0, 0.05) is 18.5 Å². The summed E-state index contributed by atoms with van der Waals surface area (Å²) in [5.41, 5.74) is -0.160. The summed E-state index contributed by atoms with van der Waals surface area (Å²) < 4.78 is 78.5. The Balaban J connectivity index is 1.97. The highest BCUT2D eigenvalue weighted by Crippen LogP contribution is 2.43. The highest BCUT2D eigenvalue weighted by Gasteiger charge is 2.37. The number of carboxylic acids is 1. The van der Waals surface area contributed by atoms with E-state index in [-0.39, 0.29) is 24.4 Å². The van der Waals surface area contributed by atoms with E-state index in [1.807, 2.05) is 6.92 Å². The molecule has 0 aromatic heterocycles. The van der Waals surface area contributed by atoms with E-state index in [1.165, 1.54) is 24.3 Å². The van der Waals surface area contributed by atoms with Gasteiger partial charge in [-0.2, -0.15) is 26.3 Å². The summed E-state index contributed by atoms with van der Waals surface area (Å²) in [6.45, 7) is 2.51. The van der Waals surface area contributed by atoms with E-state index in [0.29, 0.717) is 36.9 Å². The minimum absolute atomic E-state index is 0.0368. The molecule has 2 aromatic rings. The molecule has 1 N–H and O–H groups in total. The van der Waals surface area contributed by atoms with Gasteiger partial charge in [0.15, 0.2) is 0 Å². The van der Waals surface area contributed by atoms with Crippen molar-refractivity contribution in [3.8, 4) is 0 Å². The Morgan fingerprint density at radius 2 is 1.51 bits per heavy atom. The molecule has 192 valence electrons. The number of likely N-dealkylation sites (tertiary alicyclic amines) is 1. The number of unbranched alkanes of at least 4 members (excludes halogenated alkanes) is 1. The predicted octanol–water partition coefficient (Wildman–Crippen LogP) is 7.88. The molecule has 0 unspecified atom stereocenters. The number of carboxylic acid groups (broad SMARTS) is 1. The molecule has 0 bridgehead atoms. The summed E-state index contributed by atoms with van der Waals surface area (Å²) >= 11 is 0. The van der Waals surface area contributed by atoms with Gasteiger partial charge < -0.3 is 5.11 Å². The van der Waals surface area contributed by atoms with Crippen molar-refractivity contribution in [2.45, 2.75) is 69.9 Å². The summed E-state index contributed by atoms with van der Waals surface area (Å²) in [6, 6.07) is 9.35. The Morgan fingerprint density at radius 1 is 0.971 bits per heavy atom. The highest BCUT2D eigenvalue weighted by atomic mass is 19.4. The standard InChI is InChI=1S/C26H29F6NO2/c1-2-3-4-22(18-5-9-20(10-6-18)25(27,28)29)33-14-13-17(16-24(34)35)15-23(33)19-7-11-21(12-8-19)26(30,31)32/h5-12,17,22-23H,2-4,13-16H2,1H3,(H,34,35)/t17-,22-,23+/m1/s1. The molecular formula is C26H29F6NO2. The summed E-state index contributed by atoms with van der Waals surface area (Å²) in [7, 11) is 0. The van der Waals surface area contributed by atoms with E-state index in [0.717, 1.165) is 37.1 Å². The molecule has 2 aromatic carbocycles. The van der Waals surface area contributed by atoms with Crippen LogP contribution in [-0.4, -0.2) is 22.5 Å². The number of halogens is 6. The fourth-order valence-corrected chi connectivity index (χ4v) is 4.90. The molecule has 0 saturated carbocycles. The van der Waals surface area contributed by atoms with E-state index in [1.54, 1.807) is 0 Å². The number of benzene rings is 2. The first-order valence-corrected chi connectivity index (χ1v) is 11.7. The van der Waals surface area contributed by atoms with Gasteiger partial charge in [0.2, 0.25) is 0 Å². The Kier molecular flexibility index (Phi) is 8.51. The summed E-state index contributed by atoms with van der Waals surface area (Å²) in [4.78, 5) is 13.5. The Morgan fingerprint density at radius 3 is 2.00 bits per heavy atom. The maximum absolute atomic E-state index is 13.1. The van der Waals surface area contributed by atoms with Crippen LogP contribution in [0.5, 0.6) is 0 Å². The first-order valence-electron chi connectivity index (χ1n) is 11.7. The molecule has 0 radical (unpaired) electrons. The number of hydrogen-bond acceptors (Lipinski definition) is 2. The molecule has 1 heterocycles. The second kappa shape index (κ2) is 11.0. The van der Waals surface area contributed by atoms with Gasteiger partial charge in [-0.25, -0.2) is 0 Å². The number of alkyl halides is 6. The molecule has 3 nitrogen and oxygen atoms in total. The maximum Gasteiger partial charge on any atom is 0.416 e. The molecule has 35 heavy (non-hydrogen) atoms. The topological polar surface area (TPSA) is 40.5 Å². The second-order valence-corrected chi connectivity index (χ2v) is 9.14. The summed E-state index contributed by atoms with van der Waals surface area (Å²) in [6.07, 6.45) is -5.56. The van der Waals surface area contributed by atoms with Gasteiger partial charge >= 0.3 is 18.3 Å². The molecule has 3 rings (SSSR count). The highest BCUT2D eigenvalue weighted by molar-refractivity contribution is 5.67. The van der Waals surface area contributed by atoms with Gasteiger partial charge in [-0.3, -0.25) is 9.69 Å². The molecule has 9 heteroatoms. The van der Waals surface area contributed by atoms with Crippen molar-refractivity contribution in [3.05, 3.63) is 70.8 Å². The third-order valence-corrected chi connectivity index (χ3v) is 6.69. The summed E-state index contributed by atoms with van der Waals surface area (Å²) in [5, 5.41) is 9.28. The Hall–Kier alpha value is -2.55. The molecule has 1 fully saturated rings. The van der Waals surface area contributed by atoms with Gasteiger partial charge in [0.05, 0.1) is 11.1 Å². The second-order valence-electron chi connectivity index (χ2n) is 9.14. The van der Waals surface area contributed by atoms with Gasteiger partial charge in [-0.1, -0.05) is 44.0 Å². The van der Waals surface area contributed by atoms with Crippen LogP contribution in [0.4, 0.5) is 26.3 Å². The van der Waals surface area contributed by atoms with Crippen LogP contribution < -0.4 is 0 Å². The van der Waals surface area contributed by atoms with E-state index in [2.05, 4.69) is 4.90 Å². The lowest BCUT2D eigenvalue weighted by molar-refractivity contribution is -0.139. The van der Waals surface area contributed by atoms with Gasteiger partial charge in [-0.15, -0.1) is 0 Å². The predicted molar refractivity (Wildman–Crippen MR) is 120 cm³/mol. The zero-order valence-electron chi connectivity index (χ0n) is 19.4. The smallest absolute Gasteiger partial charge is 0.416 e. The number of hydrogen-bond donors (Lipinski definition) is 1. The first kappa shape index (κ1) is 27.0. The lowest BCUT2D eigenvalue weighted by Crippen LogP contribution is -2.40. The molecule has 0 amide bonds. The molecule has 1 saturated heterocycles. The average molecular weight is 502 g/mol. The lowest BCUT2D eigenvalue weighted by atomic mass is 9.82. The number of aliphatic carboxylic acids is 1. The SMILES string of the molecule is CCCC[C@H](c1ccc(C(F)(F)F)cc1)N1CC[C@@H](CC(=O)O)C[C@H]1c1ccc(C(F)(F)F)cc1. The van der Waals surface area contributed by atoms with Crippen molar-refractivity contribution < 1.29 is 36.2 Å². The van der Waals surface area contributed by atoms with Crippen LogP contribution in [0.2, 0.25) is 0 Å². The fourth-order valence-electron chi connectivity index (χ4n) is 4.90. The van der Waals surface area contributed by atoms with Crippen LogP contribution in [-0.2, 0) is 17.1 Å². The zero-order valence-corrected chi connectivity index (χ0v) is 19.4. The number of piperidine rings is 1. The van der Waals surface area contributed by atoms with Crippen molar-refractivity contribution in [1.29, 1.82) is 0 Å². The number of nitrogens with zero attached hydrogens (tertiary/aromatic N) is 1. The number of carbonyl (C=O) groups is 1. The monoisotopic (exact) mass is 501 g/mol. The quantitative estimate of drug-likeness (QED) is 0.374. The van der Waals surface area contributed by atoms with Gasteiger partial charge in [0.1, 0.15) is 0 Å². The van der Waals surface area contributed by atoms with Crippen molar-refractivity contribution in [2.75, 3.05) is 6.54 Å². The van der Waals surface area contributed by atoms with Gasteiger partial charge in [0.25, 0.3) is 0 Å². The van der Waals surface area contributed by atoms with E-state index in [9.17, 15) is 36.2 Å². The zero-order chi connectivity index (χ0) is 25.8. The third-order valence-electron chi connectivity index (χ3n) is 6.69. The molecular weight excluding hydrogens is 472 g/mol. The normalized spacial score (nSPS) is 20.5. The number of rotatable bonds is 8. The minimum atomic E-state index is -4.47. The Bertz CT molecular complexity index is 969. The summed E-state index contributed by atoms with van der Waals surface area (Å²) in [5.74, 6) is -1.07. The molecule has 1 aliphatic rings. The van der Waals surface area contributed by atoms with Crippen molar-refractivity contribution in [2.24, 2.45) is 5.92 Å². The lowest BCUT2D eigenvalue weighted by Gasteiger charge is -2.44. The van der Waals surface area contributed by atoms with E-state index >= 15 is 0 Å². The van der Waals surface area contributed by atoms with Crippen LogP contribution in [0.15, 0.2) is 48.5 Å². The van der Waals surface area contributed by atoms with Crippen molar-refractivity contribution in [3.63, 3.8) is 0 Å². The molecule has 1 aliphatic heterocycles. The van der Waals surface area contributed by atoms with E-state index in [4.69, 9.17) is 0 Å². The van der Waals surface area contributed by atoms with Crippen LogP contribution in [0.25, 0.3) is 0 Å². The molecule has 0 aliphatic carbocycles. The van der Waals surface area contributed by atoms with Gasteiger partial charge in [-0.05, 0) is 67.1 Å². The van der Waals surface area contributed by atoms with E-state index < -0.39 is 29.4 Å². The van der Waals surface area contributed by atoms with Crippen LogP contribution >= 0.6 is 0 Å². The minimum Gasteiger partial charge on any atom is -0.481 e. The third kappa shape index (κ3) is 6.99. The largest absolute Gasteiger partial charge is 0.481 e. The van der Waals surface area contributed by atoms with Crippen LogP contribution in [0.3, 0.4) is 0 Å². The Labute approximate surface area is 200 Å². The fraction of sp³-hybridized carbons (Fsp3) is 0.500.